The number of aromatic nitrogens is 1. The number of thioether (sulfide) groups is 1. The predicted octanol–water partition coefficient (Wildman–Crippen LogP) is 6.15. The summed E-state index contributed by atoms with van der Waals surface area (Å²) in [4.78, 5) is 18.5. The Kier molecular flexibility index (Phi) is 5.73. The first-order valence-electron chi connectivity index (χ1n) is 10.5. The van der Waals surface area contributed by atoms with E-state index in [1.54, 1.807) is 0 Å². The third-order valence-electron chi connectivity index (χ3n) is 5.81. The van der Waals surface area contributed by atoms with Gasteiger partial charge in [-0.3, -0.25) is 4.79 Å². The Hall–Kier alpha value is -3.08. The van der Waals surface area contributed by atoms with Crippen LogP contribution in [0.4, 0.5) is 5.00 Å². The molecule has 0 spiro atoms. The van der Waals surface area contributed by atoms with Crippen LogP contribution in [-0.2, 0) is 17.6 Å². The van der Waals surface area contributed by atoms with E-state index in [9.17, 15) is 10.1 Å². The van der Waals surface area contributed by atoms with Gasteiger partial charge in [-0.2, -0.15) is 5.26 Å². The van der Waals surface area contributed by atoms with Crippen LogP contribution >= 0.6 is 23.1 Å². The highest BCUT2D eigenvalue weighted by Gasteiger charge is 2.28. The number of rotatable bonds is 5. The molecule has 0 saturated heterocycles. The lowest BCUT2D eigenvalue weighted by Gasteiger charge is -2.22. The number of hydrogen-bond donors (Lipinski definition) is 1. The molecule has 0 fully saturated rings. The van der Waals surface area contributed by atoms with Crippen molar-refractivity contribution in [1.82, 2.24) is 4.98 Å². The Morgan fingerprint density at radius 3 is 2.81 bits per heavy atom. The van der Waals surface area contributed by atoms with Gasteiger partial charge < -0.3 is 9.73 Å². The van der Waals surface area contributed by atoms with Crippen LogP contribution in [0.15, 0.2) is 64.2 Å². The van der Waals surface area contributed by atoms with Crippen molar-refractivity contribution in [2.45, 2.75) is 42.6 Å². The highest BCUT2D eigenvalue weighted by atomic mass is 32.2. The molecule has 5 nitrogen and oxygen atoms in total. The number of oxazole rings is 1. The van der Waals surface area contributed by atoms with E-state index in [0.29, 0.717) is 27.3 Å². The number of anilines is 1. The van der Waals surface area contributed by atoms with Gasteiger partial charge in [0.05, 0.1) is 10.8 Å². The van der Waals surface area contributed by atoms with Crippen LogP contribution < -0.4 is 5.32 Å². The van der Waals surface area contributed by atoms with E-state index in [1.165, 1.54) is 33.5 Å². The van der Waals surface area contributed by atoms with Crippen molar-refractivity contribution < 1.29 is 9.21 Å². The molecule has 1 amide bonds. The molecule has 2 heterocycles. The molecule has 0 saturated carbocycles. The summed E-state index contributed by atoms with van der Waals surface area (Å²) in [5.41, 5.74) is 4.52. The summed E-state index contributed by atoms with van der Waals surface area (Å²) in [6.07, 6.45) is 2.78. The summed E-state index contributed by atoms with van der Waals surface area (Å²) in [6.45, 7) is 1.82. The second-order valence-corrected chi connectivity index (χ2v) is 10.3. The SMILES string of the molecule is CC(Sc1nc2ccccc2o1)C(=O)Nc1sc2c(c1C#N)CCC(c1ccccc1)C2. The van der Waals surface area contributed by atoms with Crippen LogP contribution in [0, 0.1) is 11.3 Å². The smallest absolute Gasteiger partial charge is 0.257 e. The molecule has 4 aromatic rings. The third kappa shape index (κ3) is 4.04. The summed E-state index contributed by atoms with van der Waals surface area (Å²) in [5, 5.41) is 13.5. The average molecular weight is 460 g/mol. The van der Waals surface area contributed by atoms with Crippen molar-refractivity contribution in [3.63, 3.8) is 0 Å². The lowest BCUT2D eigenvalue weighted by atomic mass is 9.83. The molecular weight excluding hydrogens is 438 g/mol. The van der Waals surface area contributed by atoms with Crippen molar-refractivity contribution in [3.8, 4) is 6.07 Å². The first kappa shape index (κ1) is 20.8. The van der Waals surface area contributed by atoms with Crippen LogP contribution in [0.5, 0.6) is 0 Å². The molecule has 0 radical (unpaired) electrons. The van der Waals surface area contributed by atoms with Gasteiger partial charge >= 0.3 is 0 Å². The molecule has 1 aliphatic carbocycles. The van der Waals surface area contributed by atoms with E-state index in [1.807, 2.05) is 37.3 Å². The van der Waals surface area contributed by atoms with Crippen molar-refractivity contribution in [3.05, 3.63) is 76.2 Å². The van der Waals surface area contributed by atoms with Gasteiger partial charge in [-0.05, 0) is 55.4 Å². The van der Waals surface area contributed by atoms with Gasteiger partial charge in [-0.15, -0.1) is 11.3 Å². The second kappa shape index (κ2) is 8.81. The van der Waals surface area contributed by atoms with Crippen molar-refractivity contribution in [2.24, 2.45) is 0 Å². The summed E-state index contributed by atoms with van der Waals surface area (Å²) >= 11 is 2.81. The van der Waals surface area contributed by atoms with E-state index in [2.05, 4.69) is 40.6 Å². The van der Waals surface area contributed by atoms with E-state index in [4.69, 9.17) is 4.42 Å². The van der Waals surface area contributed by atoms with Crippen molar-refractivity contribution >= 4 is 45.1 Å². The number of para-hydroxylation sites is 2. The predicted molar refractivity (Wildman–Crippen MR) is 128 cm³/mol. The molecule has 32 heavy (non-hydrogen) atoms. The minimum absolute atomic E-state index is 0.160. The number of hydrogen-bond acceptors (Lipinski definition) is 6. The van der Waals surface area contributed by atoms with Crippen LogP contribution in [0.2, 0.25) is 0 Å². The van der Waals surface area contributed by atoms with Gasteiger partial charge in [0.15, 0.2) is 5.58 Å². The molecule has 0 aliphatic heterocycles. The number of nitriles is 1. The Bertz CT molecular complexity index is 1290. The monoisotopic (exact) mass is 459 g/mol. The van der Waals surface area contributed by atoms with Gasteiger partial charge in [0.1, 0.15) is 16.6 Å². The minimum atomic E-state index is -0.411. The standard InChI is InChI=1S/C25H21N3O2S2/c1-15(31-25-27-20-9-5-6-10-21(20)30-25)23(29)28-24-19(14-26)18-12-11-17(13-22(18)32-24)16-7-3-2-4-8-16/h2-10,15,17H,11-13H2,1H3,(H,28,29). The summed E-state index contributed by atoms with van der Waals surface area (Å²) in [6, 6.07) is 20.4. The van der Waals surface area contributed by atoms with Gasteiger partial charge in [-0.1, -0.05) is 54.2 Å². The van der Waals surface area contributed by atoms with Crippen molar-refractivity contribution in [2.75, 3.05) is 5.32 Å². The lowest BCUT2D eigenvalue weighted by molar-refractivity contribution is -0.115. The molecule has 7 heteroatoms. The second-order valence-electron chi connectivity index (χ2n) is 7.87. The molecule has 2 aromatic carbocycles. The number of nitrogens with one attached hydrogen (secondary N) is 1. The zero-order valence-electron chi connectivity index (χ0n) is 17.5. The molecular formula is C25H21N3O2S2. The van der Waals surface area contributed by atoms with Gasteiger partial charge in [-0.25, -0.2) is 4.98 Å². The zero-order valence-corrected chi connectivity index (χ0v) is 19.1. The Balaban J connectivity index is 1.31. The fraction of sp³-hybridized carbons (Fsp3) is 0.240. The average Bonchev–Trinajstić information content (AvgIpc) is 3.38. The fourth-order valence-corrected chi connectivity index (χ4v) is 6.16. The van der Waals surface area contributed by atoms with Gasteiger partial charge in [0, 0.05) is 4.88 Å². The zero-order chi connectivity index (χ0) is 22.1. The summed E-state index contributed by atoms with van der Waals surface area (Å²) < 4.78 is 5.73. The lowest BCUT2D eigenvalue weighted by Crippen LogP contribution is -2.22. The number of benzene rings is 2. The van der Waals surface area contributed by atoms with Gasteiger partial charge in [0.2, 0.25) is 5.91 Å². The van der Waals surface area contributed by atoms with E-state index >= 15 is 0 Å². The normalized spacial score (nSPS) is 16.3. The Morgan fingerprint density at radius 1 is 1.25 bits per heavy atom. The van der Waals surface area contributed by atoms with Crippen LogP contribution in [0.25, 0.3) is 11.1 Å². The number of fused-ring (bicyclic) bond motifs is 2. The third-order valence-corrected chi connectivity index (χ3v) is 7.92. The van der Waals surface area contributed by atoms with Crippen LogP contribution in [0.3, 0.4) is 0 Å². The molecule has 2 aromatic heterocycles. The number of carbonyl (C=O) groups is 1. The van der Waals surface area contributed by atoms with Gasteiger partial charge in [0.25, 0.3) is 5.22 Å². The van der Waals surface area contributed by atoms with Crippen LogP contribution in [0.1, 0.15) is 40.8 Å². The molecule has 0 bridgehead atoms. The molecule has 1 N–H and O–H groups in total. The van der Waals surface area contributed by atoms with Crippen LogP contribution in [-0.4, -0.2) is 16.1 Å². The maximum Gasteiger partial charge on any atom is 0.257 e. The molecule has 5 rings (SSSR count). The topological polar surface area (TPSA) is 78.9 Å². The van der Waals surface area contributed by atoms with E-state index in [-0.39, 0.29) is 5.91 Å². The summed E-state index contributed by atoms with van der Waals surface area (Å²) in [7, 11) is 0. The largest absolute Gasteiger partial charge is 0.431 e. The first-order chi connectivity index (χ1) is 15.6. The molecule has 160 valence electrons. The quantitative estimate of drug-likeness (QED) is 0.362. The number of nitrogens with zero attached hydrogens (tertiary/aromatic N) is 2. The molecule has 1 aliphatic rings. The highest BCUT2D eigenvalue weighted by molar-refractivity contribution is 8.00. The highest BCUT2D eigenvalue weighted by Crippen LogP contribution is 2.42. The van der Waals surface area contributed by atoms with Crippen molar-refractivity contribution in [1.29, 1.82) is 5.26 Å². The number of carbonyl (C=O) groups excluding carboxylic acids is 1. The number of amides is 1. The fourth-order valence-electron chi connectivity index (χ4n) is 4.12. The minimum Gasteiger partial charge on any atom is -0.431 e. The summed E-state index contributed by atoms with van der Waals surface area (Å²) in [5.74, 6) is 0.290. The maximum absolute atomic E-state index is 12.9. The molecule has 2 unspecified atom stereocenters. The van der Waals surface area contributed by atoms with E-state index in [0.717, 1.165) is 30.3 Å². The molecule has 2 atom stereocenters. The Morgan fingerprint density at radius 2 is 2.03 bits per heavy atom. The first-order valence-corrected chi connectivity index (χ1v) is 12.2. The Labute approximate surface area is 194 Å². The van der Waals surface area contributed by atoms with E-state index < -0.39 is 5.25 Å². The maximum atomic E-state index is 12.9. The number of thiophene rings is 1.